The first-order chi connectivity index (χ1) is 17.7. The molecule has 0 radical (unpaired) electrons. The van der Waals surface area contributed by atoms with Gasteiger partial charge >= 0.3 is 0 Å². The molecule has 0 fully saturated rings. The SMILES string of the molecule is CC(=CC=C1C(=O)N(c2ccc(S(=O)(=O)[O-])cc2)N=C1C)c1c(C)[nH]n(-c2ccc(S(=O)(=O)[O-])cc2)c1=O. The fourth-order valence-electron chi connectivity index (χ4n) is 3.89. The number of aromatic amines is 1. The maximum absolute atomic E-state index is 13.1. The van der Waals surface area contributed by atoms with Crippen molar-refractivity contribution in [2.24, 2.45) is 5.10 Å². The third-order valence-electron chi connectivity index (χ3n) is 5.78. The molecule has 2 aromatic carbocycles. The van der Waals surface area contributed by atoms with Crippen molar-refractivity contribution >= 4 is 43.1 Å². The minimum atomic E-state index is -4.63. The van der Waals surface area contributed by atoms with Crippen molar-refractivity contribution in [1.82, 2.24) is 9.78 Å². The number of hydrogen-bond acceptors (Lipinski definition) is 9. The molecule has 0 atom stereocenters. The Labute approximate surface area is 217 Å². The van der Waals surface area contributed by atoms with Crippen molar-refractivity contribution in [2.45, 2.75) is 30.6 Å². The number of hydrazone groups is 1. The number of carbonyl (C=O) groups excluding carboxylic acids is 1. The number of nitrogens with zero attached hydrogens (tertiary/aromatic N) is 3. The Morgan fingerprint density at radius 3 is 1.87 bits per heavy atom. The topological polar surface area (TPSA) is 185 Å². The van der Waals surface area contributed by atoms with E-state index in [4.69, 9.17) is 0 Å². The van der Waals surface area contributed by atoms with E-state index < -0.39 is 41.5 Å². The lowest BCUT2D eigenvalue weighted by atomic mass is 10.1. The lowest BCUT2D eigenvalue weighted by molar-refractivity contribution is -0.114. The number of aryl methyl sites for hydroxylation is 1. The van der Waals surface area contributed by atoms with Gasteiger partial charge in [0.25, 0.3) is 11.5 Å². The predicted molar refractivity (Wildman–Crippen MR) is 136 cm³/mol. The molecule has 1 N–H and O–H groups in total. The smallest absolute Gasteiger partial charge is 0.280 e. The first-order valence-electron chi connectivity index (χ1n) is 10.9. The largest absolute Gasteiger partial charge is 0.744 e. The van der Waals surface area contributed by atoms with Crippen molar-refractivity contribution in [1.29, 1.82) is 0 Å². The maximum atomic E-state index is 13.1. The highest BCUT2D eigenvalue weighted by Gasteiger charge is 2.28. The third kappa shape index (κ3) is 5.15. The Morgan fingerprint density at radius 2 is 1.37 bits per heavy atom. The predicted octanol–water partition coefficient (Wildman–Crippen LogP) is 2.03. The molecule has 198 valence electrons. The summed E-state index contributed by atoms with van der Waals surface area (Å²) in [6.07, 6.45) is 3.09. The van der Waals surface area contributed by atoms with Crippen LogP contribution in [0, 0.1) is 6.92 Å². The second-order valence-corrected chi connectivity index (χ2v) is 11.1. The van der Waals surface area contributed by atoms with E-state index in [1.165, 1.54) is 35.0 Å². The van der Waals surface area contributed by atoms with Crippen LogP contribution in [0.1, 0.15) is 25.1 Å². The summed E-state index contributed by atoms with van der Waals surface area (Å²) in [7, 11) is -9.25. The first-order valence-corrected chi connectivity index (χ1v) is 13.7. The molecule has 0 unspecified atom stereocenters. The van der Waals surface area contributed by atoms with Gasteiger partial charge in [-0.1, -0.05) is 6.08 Å². The molecule has 1 amide bonds. The number of H-pyrrole nitrogens is 1. The third-order valence-corrected chi connectivity index (χ3v) is 7.48. The van der Waals surface area contributed by atoms with E-state index in [0.29, 0.717) is 28.2 Å². The molecule has 0 spiro atoms. The highest BCUT2D eigenvalue weighted by atomic mass is 32.2. The Balaban J connectivity index is 1.62. The van der Waals surface area contributed by atoms with Crippen molar-refractivity contribution in [3.05, 3.63) is 87.9 Å². The van der Waals surface area contributed by atoms with Crippen LogP contribution in [0.25, 0.3) is 11.3 Å². The van der Waals surface area contributed by atoms with Crippen LogP contribution in [0.2, 0.25) is 0 Å². The average molecular weight is 557 g/mol. The summed E-state index contributed by atoms with van der Waals surface area (Å²) < 4.78 is 68.1. The molecule has 12 nitrogen and oxygen atoms in total. The van der Waals surface area contributed by atoms with Crippen molar-refractivity contribution in [3.8, 4) is 5.69 Å². The van der Waals surface area contributed by atoms with Crippen LogP contribution in [-0.4, -0.2) is 47.3 Å². The Bertz CT molecular complexity index is 1810. The number of rotatable bonds is 6. The molecule has 1 aliphatic rings. The maximum Gasteiger partial charge on any atom is 0.280 e. The van der Waals surface area contributed by atoms with Crippen LogP contribution in [0.5, 0.6) is 0 Å². The van der Waals surface area contributed by atoms with Gasteiger partial charge < -0.3 is 9.11 Å². The fraction of sp³-hybridized carbons (Fsp3) is 0.125. The van der Waals surface area contributed by atoms with Gasteiger partial charge in [-0.2, -0.15) is 10.1 Å². The van der Waals surface area contributed by atoms with Crippen molar-refractivity contribution < 1.29 is 30.7 Å². The lowest BCUT2D eigenvalue weighted by Crippen LogP contribution is -2.21. The Kier molecular flexibility index (Phi) is 6.84. The van der Waals surface area contributed by atoms with Gasteiger partial charge in [0.15, 0.2) is 0 Å². The second-order valence-electron chi connectivity index (χ2n) is 8.38. The van der Waals surface area contributed by atoms with Crippen LogP contribution in [0.3, 0.4) is 0 Å². The molecular formula is C24H20N4O8S2-2. The molecule has 1 aliphatic heterocycles. The monoisotopic (exact) mass is 556 g/mol. The summed E-state index contributed by atoms with van der Waals surface area (Å²) in [5.41, 5.74) is 2.16. The molecular weight excluding hydrogens is 536 g/mol. The molecule has 3 aromatic rings. The molecule has 0 aliphatic carbocycles. The summed E-state index contributed by atoms with van der Waals surface area (Å²) in [5, 5.41) is 8.19. The van der Waals surface area contributed by atoms with E-state index in [0.717, 1.165) is 29.3 Å². The van der Waals surface area contributed by atoms with Gasteiger partial charge in [-0.25, -0.2) is 21.5 Å². The minimum Gasteiger partial charge on any atom is -0.744 e. The minimum absolute atomic E-state index is 0.243. The van der Waals surface area contributed by atoms with Gasteiger partial charge in [0.2, 0.25) is 0 Å². The standard InChI is InChI=1S/C24H22N4O8S2/c1-14(22-16(3)26-28(24(22)30)18-7-11-20(12-8-18)38(34,35)36)4-13-21-15(2)25-27(23(21)29)17-5-9-19(10-6-17)37(31,32)33/h4-13,26H,1-3H3,(H,31,32,33)(H,34,35,36)/p-2. The van der Waals surface area contributed by atoms with Gasteiger partial charge in [-0.05, 0) is 81.0 Å². The molecule has 0 bridgehead atoms. The van der Waals surface area contributed by atoms with Crippen LogP contribution >= 0.6 is 0 Å². The van der Waals surface area contributed by atoms with Crippen LogP contribution < -0.4 is 10.6 Å². The normalized spacial score (nSPS) is 15.9. The zero-order chi connectivity index (χ0) is 28.0. The molecule has 1 aromatic heterocycles. The van der Waals surface area contributed by atoms with Gasteiger partial charge in [-0.3, -0.25) is 14.7 Å². The number of anilines is 1. The van der Waals surface area contributed by atoms with Gasteiger partial charge in [0, 0.05) is 5.69 Å². The highest BCUT2D eigenvalue weighted by Crippen LogP contribution is 2.26. The Hall–Kier alpha value is -4.11. The second kappa shape index (κ2) is 9.64. The molecule has 0 saturated carbocycles. The highest BCUT2D eigenvalue weighted by molar-refractivity contribution is 7.86. The average Bonchev–Trinajstić information content (AvgIpc) is 3.30. The summed E-state index contributed by atoms with van der Waals surface area (Å²) in [6.45, 7) is 4.97. The van der Waals surface area contributed by atoms with Crippen LogP contribution in [0.4, 0.5) is 5.69 Å². The quantitative estimate of drug-likeness (QED) is 0.353. The lowest BCUT2D eigenvalue weighted by Gasteiger charge is -2.13. The van der Waals surface area contributed by atoms with E-state index in [-0.39, 0.29) is 11.3 Å². The van der Waals surface area contributed by atoms with Crippen molar-refractivity contribution in [3.63, 3.8) is 0 Å². The summed E-state index contributed by atoms with van der Waals surface area (Å²) >= 11 is 0. The molecule has 0 saturated heterocycles. The van der Waals surface area contributed by atoms with Gasteiger partial charge in [-0.15, -0.1) is 0 Å². The number of benzene rings is 2. The van der Waals surface area contributed by atoms with Crippen LogP contribution in [-0.2, 0) is 25.0 Å². The number of aromatic nitrogens is 2. The molecule has 4 rings (SSSR count). The van der Waals surface area contributed by atoms with Crippen LogP contribution in [0.15, 0.2) is 85.9 Å². The summed E-state index contributed by atoms with van der Waals surface area (Å²) in [5.74, 6) is -0.485. The molecule has 38 heavy (non-hydrogen) atoms. The van der Waals surface area contributed by atoms with E-state index in [1.807, 2.05) is 0 Å². The number of nitrogens with one attached hydrogen (secondary N) is 1. The number of carbonyl (C=O) groups is 1. The van der Waals surface area contributed by atoms with Gasteiger partial charge in [0.05, 0.1) is 38.0 Å². The van der Waals surface area contributed by atoms with Gasteiger partial charge in [0.1, 0.15) is 20.2 Å². The molecule has 2 heterocycles. The zero-order valence-corrected chi connectivity index (χ0v) is 21.8. The van der Waals surface area contributed by atoms with E-state index in [9.17, 15) is 35.5 Å². The van der Waals surface area contributed by atoms with E-state index in [1.54, 1.807) is 26.8 Å². The fourth-order valence-corrected chi connectivity index (χ4v) is 4.82. The summed E-state index contributed by atoms with van der Waals surface area (Å²) in [4.78, 5) is 25.2. The number of hydrogen-bond donors (Lipinski definition) is 1. The molecule has 14 heteroatoms. The summed E-state index contributed by atoms with van der Waals surface area (Å²) in [6, 6.07) is 9.67. The number of amides is 1. The zero-order valence-electron chi connectivity index (χ0n) is 20.2. The first kappa shape index (κ1) is 26.9. The van der Waals surface area contributed by atoms with Crippen molar-refractivity contribution in [2.75, 3.05) is 5.01 Å². The number of allylic oxidation sites excluding steroid dienone is 3. The van der Waals surface area contributed by atoms with E-state index >= 15 is 0 Å². The Morgan fingerprint density at radius 1 is 0.868 bits per heavy atom. The van der Waals surface area contributed by atoms with E-state index in [2.05, 4.69) is 10.2 Å².